The van der Waals surface area contributed by atoms with Crippen molar-refractivity contribution in [1.82, 2.24) is 4.98 Å². The molecule has 0 aromatic carbocycles. The van der Waals surface area contributed by atoms with Crippen molar-refractivity contribution in [3.05, 3.63) is 26.3 Å². The molecule has 0 amide bonds. The van der Waals surface area contributed by atoms with Gasteiger partial charge < -0.3 is 0 Å². The molecule has 0 saturated carbocycles. The number of rotatable bonds is 1. The molecule has 1 rings (SSSR count). The summed E-state index contributed by atoms with van der Waals surface area (Å²) in [6, 6.07) is 0. The van der Waals surface area contributed by atoms with Crippen LogP contribution in [0.4, 0.5) is 13.2 Å². The summed E-state index contributed by atoms with van der Waals surface area (Å²) >= 11 is 6.83. The first-order chi connectivity index (χ1) is 5.54. The van der Waals surface area contributed by atoms with Gasteiger partial charge in [-0.15, -0.1) is 0 Å². The minimum Gasteiger partial charge on any atom is -0.226 e. The second-order valence-corrected chi connectivity index (χ2v) is 3.41. The molecule has 0 fully saturated rings. The number of halogens is 5. The van der Waals surface area contributed by atoms with E-state index in [1.807, 2.05) is 0 Å². The van der Waals surface area contributed by atoms with Crippen LogP contribution in [0.3, 0.4) is 0 Å². The maximum absolute atomic E-state index is 12.6. The molecule has 0 spiro atoms. The molecule has 1 aromatic heterocycles. The summed E-state index contributed by atoms with van der Waals surface area (Å²) in [7, 11) is 0. The van der Waals surface area contributed by atoms with Crippen LogP contribution in [-0.2, 0) is 0 Å². The number of pyridine rings is 1. The first-order valence-corrected chi connectivity index (χ1v) is 4.27. The molecule has 0 radical (unpaired) electrons. The van der Waals surface area contributed by atoms with Gasteiger partial charge in [0, 0.05) is 6.20 Å². The van der Waals surface area contributed by atoms with Crippen LogP contribution in [0.2, 0.25) is 5.02 Å². The van der Waals surface area contributed by atoms with Crippen molar-refractivity contribution in [3.8, 4) is 0 Å². The number of nitrogens with zero attached hydrogens (tertiary/aromatic N) is 1. The monoisotopic (exact) mass is 307 g/mol. The van der Waals surface area contributed by atoms with Crippen molar-refractivity contribution in [2.45, 2.75) is 6.43 Å². The van der Waals surface area contributed by atoms with Gasteiger partial charge in [-0.05, 0) is 22.6 Å². The van der Waals surface area contributed by atoms with Crippen molar-refractivity contribution >= 4 is 34.2 Å². The van der Waals surface area contributed by atoms with Crippen molar-refractivity contribution in [3.63, 3.8) is 0 Å². The minimum absolute atomic E-state index is 0.212. The summed E-state index contributed by atoms with van der Waals surface area (Å²) in [5.41, 5.74) is -0.496. The van der Waals surface area contributed by atoms with Gasteiger partial charge in [0.25, 0.3) is 6.43 Å². The maximum atomic E-state index is 12.6. The van der Waals surface area contributed by atoms with Crippen LogP contribution in [0.5, 0.6) is 0 Å². The zero-order chi connectivity index (χ0) is 9.30. The topological polar surface area (TPSA) is 12.9 Å². The molecule has 0 aliphatic heterocycles. The van der Waals surface area contributed by atoms with Crippen LogP contribution < -0.4 is 0 Å². The van der Waals surface area contributed by atoms with Gasteiger partial charge in [0.1, 0.15) is 0 Å². The Labute approximate surface area is 85.1 Å². The Hall–Kier alpha value is -0.0400. The zero-order valence-corrected chi connectivity index (χ0v) is 8.41. The molecule has 0 bridgehead atoms. The first kappa shape index (κ1) is 10.0. The lowest BCUT2D eigenvalue weighted by atomic mass is 10.3. The predicted molar refractivity (Wildman–Crippen MR) is 46.9 cm³/mol. The fraction of sp³-hybridized carbons (Fsp3) is 0.167. The Balaban J connectivity index is 3.33. The number of hydrogen-bond donors (Lipinski definition) is 0. The van der Waals surface area contributed by atoms with Gasteiger partial charge in [0.15, 0.2) is 0 Å². The SMILES string of the molecule is Fc1ncc(Cl)c(C(F)F)c1I. The van der Waals surface area contributed by atoms with Crippen LogP contribution in [0.25, 0.3) is 0 Å². The molecule has 0 unspecified atom stereocenters. The highest BCUT2D eigenvalue weighted by atomic mass is 127. The molecule has 0 aliphatic carbocycles. The van der Waals surface area contributed by atoms with Crippen LogP contribution >= 0.6 is 34.2 Å². The molecule has 1 nitrogen and oxygen atoms in total. The fourth-order valence-corrected chi connectivity index (χ4v) is 1.71. The molecule has 0 saturated heterocycles. The molecule has 0 aliphatic rings. The normalized spacial score (nSPS) is 10.8. The van der Waals surface area contributed by atoms with Crippen molar-refractivity contribution < 1.29 is 13.2 Å². The van der Waals surface area contributed by atoms with E-state index in [4.69, 9.17) is 11.6 Å². The third-order valence-electron chi connectivity index (χ3n) is 1.18. The van der Waals surface area contributed by atoms with Crippen LogP contribution in [0.1, 0.15) is 12.0 Å². The van der Waals surface area contributed by atoms with E-state index in [0.717, 1.165) is 6.20 Å². The van der Waals surface area contributed by atoms with Crippen LogP contribution in [0.15, 0.2) is 6.20 Å². The van der Waals surface area contributed by atoms with Crippen molar-refractivity contribution in [2.24, 2.45) is 0 Å². The zero-order valence-electron chi connectivity index (χ0n) is 5.49. The Morgan fingerprint density at radius 1 is 1.50 bits per heavy atom. The third kappa shape index (κ3) is 1.82. The van der Waals surface area contributed by atoms with Gasteiger partial charge in [-0.2, -0.15) is 4.39 Å². The summed E-state index contributed by atoms with van der Waals surface area (Å²) < 4.78 is 36.8. The molecule has 0 N–H and O–H groups in total. The lowest BCUT2D eigenvalue weighted by Gasteiger charge is -2.04. The molecule has 0 atom stereocenters. The van der Waals surface area contributed by atoms with E-state index in [1.54, 1.807) is 0 Å². The average molecular weight is 307 g/mol. The standard InChI is InChI=1S/C6H2ClF3IN/c7-2-1-12-6(10)4(11)3(2)5(8)9/h1,5H. The highest BCUT2D eigenvalue weighted by molar-refractivity contribution is 14.1. The van der Waals surface area contributed by atoms with E-state index in [1.165, 1.54) is 22.6 Å². The van der Waals surface area contributed by atoms with Gasteiger partial charge in [-0.25, -0.2) is 13.8 Å². The Morgan fingerprint density at radius 3 is 2.50 bits per heavy atom. The Kier molecular flexibility index (Phi) is 3.16. The molecule has 1 heterocycles. The van der Waals surface area contributed by atoms with E-state index in [9.17, 15) is 13.2 Å². The second-order valence-electron chi connectivity index (χ2n) is 1.93. The van der Waals surface area contributed by atoms with E-state index >= 15 is 0 Å². The predicted octanol–water partition coefficient (Wildman–Crippen LogP) is 3.42. The summed E-state index contributed by atoms with van der Waals surface area (Å²) in [6.07, 6.45) is -1.90. The van der Waals surface area contributed by atoms with Crippen LogP contribution in [0, 0.1) is 9.52 Å². The smallest absolute Gasteiger partial charge is 0.226 e. The number of alkyl halides is 2. The van der Waals surface area contributed by atoms with Gasteiger partial charge >= 0.3 is 0 Å². The highest BCUT2D eigenvalue weighted by Gasteiger charge is 2.19. The molecule has 66 valence electrons. The van der Waals surface area contributed by atoms with Crippen LogP contribution in [-0.4, -0.2) is 4.98 Å². The van der Waals surface area contributed by atoms with Gasteiger partial charge in [-0.3, -0.25) is 0 Å². The largest absolute Gasteiger partial charge is 0.266 e. The Bertz CT molecular complexity index is 305. The third-order valence-corrected chi connectivity index (χ3v) is 2.51. The molecule has 6 heteroatoms. The van der Waals surface area contributed by atoms with E-state index in [0.29, 0.717) is 0 Å². The number of aromatic nitrogens is 1. The van der Waals surface area contributed by atoms with Crippen molar-refractivity contribution in [2.75, 3.05) is 0 Å². The van der Waals surface area contributed by atoms with Crippen molar-refractivity contribution in [1.29, 1.82) is 0 Å². The average Bonchev–Trinajstić information content (AvgIpc) is 1.97. The Morgan fingerprint density at radius 2 is 2.08 bits per heavy atom. The summed E-state index contributed by atoms with van der Waals surface area (Å²) in [5, 5.41) is -0.212. The maximum Gasteiger partial charge on any atom is 0.266 e. The molecule has 12 heavy (non-hydrogen) atoms. The van der Waals surface area contributed by atoms with Gasteiger partial charge in [0.05, 0.1) is 14.2 Å². The summed E-state index contributed by atoms with van der Waals surface area (Å²) in [6.45, 7) is 0. The lowest BCUT2D eigenvalue weighted by molar-refractivity contribution is 0.149. The molecule has 1 aromatic rings. The highest BCUT2D eigenvalue weighted by Crippen LogP contribution is 2.31. The minimum atomic E-state index is -2.78. The van der Waals surface area contributed by atoms with E-state index in [2.05, 4.69) is 4.98 Å². The van der Waals surface area contributed by atoms with E-state index < -0.39 is 17.9 Å². The molecular formula is C6H2ClF3IN. The van der Waals surface area contributed by atoms with E-state index in [-0.39, 0.29) is 8.59 Å². The lowest BCUT2D eigenvalue weighted by Crippen LogP contribution is -1.97. The number of hydrogen-bond acceptors (Lipinski definition) is 1. The van der Waals surface area contributed by atoms with Gasteiger partial charge in [0.2, 0.25) is 5.95 Å². The summed E-state index contributed by atoms with van der Waals surface area (Å²) in [5.74, 6) is -0.921. The quantitative estimate of drug-likeness (QED) is 0.572. The first-order valence-electron chi connectivity index (χ1n) is 2.81. The molecular weight excluding hydrogens is 305 g/mol. The second kappa shape index (κ2) is 3.78. The fourth-order valence-electron chi connectivity index (χ4n) is 0.656. The summed E-state index contributed by atoms with van der Waals surface area (Å²) in [4.78, 5) is 3.18. The van der Waals surface area contributed by atoms with Gasteiger partial charge in [-0.1, -0.05) is 11.6 Å².